The van der Waals surface area contributed by atoms with Crippen LogP contribution in [-0.2, 0) is 12.8 Å². The van der Waals surface area contributed by atoms with Gasteiger partial charge in [0.15, 0.2) is 5.82 Å². The Hall–Kier alpha value is -1.65. The molecule has 0 bridgehead atoms. The highest BCUT2D eigenvalue weighted by Crippen LogP contribution is 2.30. The van der Waals surface area contributed by atoms with Crippen molar-refractivity contribution in [2.45, 2.75) is 25.7 Å². The predicted octanol–water partition coefficient (Wildman–Crippen LogP) is 2.96. The number of nitrogen functional groups attached to an aromatic ring is 1. The lowest BCUT2D eigenvalue weighted by Crippen LogP contribution is -2.17. The molecule has 0 spiro atoms. The van der Waals surface area contributed by atoms with Gasteiger partial charge < -0.3 is 5.43 Å². The lowest BCUT2D eigenvalue weighted by atomic mass is 9.96. The molecule has 0 atom stereocenters. The Balaban J connectivity index is 2.15. The standard InChI is InChI=1S/C14H15ClN4/c15-11-7-3-1-5-9(11)13-17-12-8-4-2-6-10(12)14(18-13)19-16/h1,3,5,7H,2,4,6,8,16H2,(H,17,18,19). The molecule has 0 aliphatic heterocycles. The van der Waals surface area contributed by atoms with Gasteiger partial charge in [-0.15, -0.1) is 0 Å². The smallest absolute Gasteiger partial charge is 0.163 e. The fourth-order valence-corrected chi connectivity index (χ4v) is 2.70. The molecule has 1 aromatic heterocycles. The number of nitrogens with zero attached hydrogens (tertiary/aromatic N) is 2. The highest BCUT2D eigenvalue weighted by Gasteiger charge is 2.18. The van der Waals surface area contributed by atoms with Crippen molar-refractivity contribution in [3.05, 3.63) is 40.5 Å². The molecular weight excluding hydrogens is 260 g/mol. The first-order valence-corrected chi connectivity index (χ1v) is 6.78. The van der Waals surface area contributed by atoms with Crippen molar-refractivity contribution in [2.24, 2.45) is 5.84 Å². The van der Waals surface area contributed by atoms with Crippen LogP contribution in [0.2, 0.25) is 5.02 Å². The zero-order valence-electron chi connectivity index (χ0n) is 10.5. The van der Waals surface area contributed by atoms with Gasteiger partial charge in [-0.2, -0.15) is 0 Å². The third-order valence-electron chi connectivity index (χ3n) is 3.43. The summed E-state index contributed by atoms with van der Waals surface area (Å²) in [4.78, 5) is 9.17. The maximum Gasteiger partial charge on any atom is 0.163 e. The fourth-order valence-electron chi connectivity index (χ4n) is 2.48. The molecule has 3 N–H and O–H groups in total. The lowest BCUT2D eigenvalue weighted by Gasteiger charge is -2.18. The predicted molar refractivity (Wildman–Crippen MR) is 76.9 cm³/mol. The van der Waals surface area contributed by atoms with Crippen molar-refractivity contribution in [3.8, 4) is 11.4 Å². The number of nitrogens with two attached hydrogens (primary N) is 1. The quantitative estimate of drug-likeness (QED) is 0.653. The Morgan fingerprint density at radius 1 is 1.11 bits per heavy atom. The van der Waals surface area contributed by atoms with Gasteiger partial charge in [0.2, 0.25) is 0 Å². The van der Waals surface area contributed by atoms with Crippen LogP contribution in [0, 0.1) is 0 Å². The normalized spacial score (nSPS) is 14.0. The van der Waals surface area contributed by atoms with Crippen LogP contribution < -0.4 is 11.3 Å². The first-order valence-electron chi connectivity index (χ1n) is 6.41. The summed E-state index contributed by atoms with van der Waals surface area (Å²) in [5, 5.41) is 0.654. The van der Waals surface area contributed by atoms with Crippen LogP contribution in [0.25, 0.3) is 11.4 Å². The largest absolute Gasteiger partial charge is 0.308 e. The molecule has 98 valence electrons. The van der Waals surface area contributed by atoms with Crippen molar-refractivity contribution in [1.29, 1.82) is 0 Å². The Morgan fingerprint density at radius 3 is 2.68 bits per heavy atom. The first-order chi connectivity index (χ1) is 9.29. The van der Waals surface area contributed by atoms with E-state index >= 15 is 0 Å². The second-order valence-electron chi connectivity index (χ2n) is 4.65. The molecule has 0 fully saturated rings. The molecule has 5 heteroatoms. The topological polar surface area (TPSA) is 63.8 Å². The van der Waals surface area contributed by atoms with E-state index in [4.69, 9.17) is 17.4 Å². The van der Waals surface area contributed by atoms with E-state index in [1.807, 2.05) is 24.3 Å². The zero-order chi connectivity index (χ0) is 13.2. The summed E-state index contributed by atoms with van der Waals surface area (Å²) in [6.45, 7) is 0. The Labute approximate surface area is 117 Å². The van der Waals surface area contributed by atoms with Gasteiger partial charge >= 0.3 is 0 Å². The number of nitrogens with one attached hydrogen (secondary N) is 1. The van der Waals surface area contributed by atoms with E-state index in [0.717, 1.165) is 48.3 Å². The minimum Gasteiger partial charge on any atom is -0.308 e. The Bertz CT molecular complexity index is 595. The van der Waals surface area contributed by atoms with Crippen molar-refractivity contribution in [2.75, 3.05) is 5.43 Å². The molecule has 1 aliphatic rings. The van der Waals surface area contributed by atoms with Crippen molar-refractivity contribution in [3.63, 3.8) is 0 Å². The van der Waals surface area contributed by atoms with Crippen molar-refractivity contribution < 1.29 is 0 Å². The molecule has 1 aliphatic carbocycles. The maximum atomic E-state index is 6.21. The van der Waals surface area contributed by atoms with E-state index in [1.165, 1.54) is 0 Å². The van der Waals surface area contributed by atoms with E-state index in [9.17, 15) is 0 Å². The van der Waals surface area contributed by atoms with Crippen LogP contribution in [-0.4, -0.2) is 9.97 Å². The molecule has 4 nitrogen and oxygen atoms in total. The summed E-state index contributed by atoms with van der Waals surface area (Å²) in [5.41, 5.74) is 5.76. The molecule has 0 saturated heterocycles. The number of benzene rings is 1. The molecule has 0 radical (unpaired) electrons. The molecule has 3 rings (SSSR count). The number of hydrogen-bond acceptors (Lipinski definition) is 4. The summed E-state index contributed by atoms with van der Waals surface area (Å²) in [5.74, 6) is 6.95. The molecular formula is C14H15ClN4. The van der Waals surface area contributed by atoms with Gasteiger partial charge in [0.25, 0.3) is 0 Å². The van der Waals surface area contributed by atoms with Crippen LogP contribution in [0.4, 0.5) is 5.82 Å². The van der Waals surface area contributed by atoms with Crippen LogP contribution in [0.5, 0.6) is 0 Å². The zero-order valence-corrected chi connectivity index (χ0v) is 11.2. The third-order valence-corrected chi connectivity index (χ3v) is 3.76. The van der Waals surface area contributed by atoms with Crippen molar-refractivity contribution in [1.82, 2.24) is 9.97 Å². The fraction of sp³-hybridized carbons (Fsp3) is 0.286. The highest BCUT2D eigenvalue weighted by atomic mass is 35.5. The van der Waals surface area contributed by atoms with Gasteiger partial charge in [-0.25, -0.2) is 15.8 Å². The van der Waals surface area contributed by atoms with Crippen molar-refractivity contribution >= 4 is 17.4 Å². The maximum absolute atomic E-state index is 6.21. The van der Waals surface area contributed by atoms with Gasteiger partial charge in [-0.1, -0.05) is 23.7 Å². The second kappa shape index (κ2) is 5.15. The highest BCUT2D eigenvalue weighted by molar-refractivity contribution is 6.33. The summed E-state index contributed by atoms with van der Waals surface area (Å²) >= 11 is 6.21. The van der Waals surface area contributed by atoms with E-state index in [0.29, 0.717) is 10.8 Å². The summed E-state index contributed by atoms with van der Waals surface area (Å²) in [6, 6.07) is 7.59. The molecule has 1 heterocycles. The second-order valence-corrected chi connectivity index (χ2v) is 5.06. The van der Waals surface area contributed by atoms with E-state index < -0.39 is 0 Å². The van der Waals surface area contributed by atoms with Crippen LogP contribution in [0.1, 0.15) is 24.1 Å². The third kappa shape index (κ3) is 2.29. The number of hydrogen-bond donors (Lipinski definition) is 2. The minimum absolute atomic E-state index is 0.638. The average Bonchev–Trinajstić information content (AvgIpc) is 2.46. The molecule has 0 amide bonds. The van der Waals surface area contributed by atoms with E-state index in [2.05, 4.69) is 15.4 Å². The summed E-state index contributed by atoms with van der Waals surface area (Å²) in [7, 11) is 0. The molecule has 1 aromatic carbocycles. The molecule has 19 heavy (non-hydrogen) atoms. The van der Waals surface area contributed by atoms with Crippen LogP contribution in [0.3, 0.4) is 0 Å². The number of hydrazine groups is 1. The number of aryl methyl sites for hydroxylation is 1. The minimum atomic E-state index is 0.638. The van der Waals surface area contributed by atoms with Crippen LogP contribution in [0.15, 0.2) is 24.3 Å². The molecule has 0 saturated carbocycles. The van der Waals surface area contributed by atoms with Gasteiger partial charge in [-0.3, -0.25) is 0 Å². The molecule has 0 unspecified atom stereocenters. The number of halogens is 1. The summed E-state index contributed by atoms with van der Waals surface area (Å²) in [6.07, 6.45) is 4.29. The first kappa shape index (κ1) is 12.4. The number of anilines is 1. The number of aromatic nitrogens is 2. The Kier molecular flexibility index (Phi) is 3.36. The van der Waals surface area contributed by atoms with E-state index in [-0.39, 0.29) is 0 Å². The summed E-state index contributed by atoms with van der Waals surface area (Å²) < 4.78 is 0. The van der Waals surface area contributed by atoms with Gasteiger partial charge in [0, 0.05) is 16.8 Å². The average molecular weight is 275 g/mol. The van der Waals surface area contributed by atoms with Gasteiger partial charge in [0.05, 0.1) is 5.02 Å². The lowest BCUT2D eigenvalue weighted by molar-refractivity contribution is 0.665. The number of rotatable bonds is 2. The SMILES string of the molecule is NNc1nc(-c2ccccc2Cl)nc2c1CCCC2. The van der Waals surface area contributed by atoms with Gasteiger partial charge in [0.1, 0.15) is 5.82 Å². The number of fused-ring (bicyclic) bond motifs is 1. The molecule has 2 aromatic rings. The Morgan fingerprint density at radius 2 is 1.89 bits per heavy atom. The van der Waals surface area contributed by atoms with Crippen LogP contribution >= 0.6 is 11.6 Å². The van der Waals surface area contributed by atoms with Gasteiger partial charge in [-0.05, 0) is 37.8 Å². The van der Waals surface area contributed by atoms with E-state index in [1.54, 1.807) is 0 Å². The monoisotopic (exact) mass is 274 g/mol.